The average Bonchev–Trinajstić information content (AvgIpc) is 2.87. The first kappa shape index (κ1) is 14.8. The van der Waals surface area contributed by atoms with E-state index in [9.17, 15) is 0 Å². The summed E-state index contributed by atoms with van der Waals surface area (Å²) in [4.78, 5) is 2.49. The molecule has 1 saturated heterocycles. The van der Waals surface area contributed by atoms with Gasteiger partial charge in [0.25, 0.3) is 0 Å². The summed E-state index contributed by atoms with van der Waals surface area (Å²) in [6.07, 6.45) is 4.09. The second-order valence-electron chi connectivity index (χ2n) is 6.29. The van der Waals surface area contributed by atoms with Crippen LogP contribution in [0.5, 0.6) is 0 Å². The predicted molar refractivity (Wildman–Crippen MR) is 88.6 cm³/mol. The van der Waals surface area contributed by atoms with Crippen LogP contribution in [0.2, 0.25) is 0 Å². The number of hydrogen-bond acceptors (Lipinski definition) is 3. The van der Waals surface area contributed by atoms with Gasteiger partial charge < -0.3 is 5.32 Å². The molecular weight excluding hydrogens is 328 g/mol. The van der Waals surface area contributed by atoms with E-state index >= 15 is 0 Å². The van der Waals surface area contributed by atoms with Gasteiger partial charge in [0.1, 0.15) is 0 Å². The summed E-state index contributed by atoms with van der Waals surface area (Å²) in [6.45, 7) is 8.67. The number of hydrogen-bond donors (Lipinski definition) is 1. The number of piperazine rings is 1. The first-order chi connectivity index (χ1) is 10.0. The molecule has 1 N–H and O–H groups in total. The number of rotatable bonds is 3. The molecule has 1 aliphatic heterocycles. The molecule has 0 spiro atoms. The third-order valence-electron chi connectivity index (χ3n) is 3.78. The van der Waals surface area contributed by atoms with Crippen LogP contribution in [0.4, 0.5) is 0 Å². The van der Waals surface area contributed by atoms with Crippen molar-refractivity contribution in [3.8, 4) is 5.69 Å². The fourth-order valence-electron chi connectivity index (χ4n) is 2.82. The molecule has 4 nitrogen and oxygen atoms in total. The van der Waals surface area contributed by atoms with Crippen LogP contribution in [0.15, 0.2) is 41.1 Å². The van der Waals surface area contributed by atoms with Crippen LogP contribution >= 0.6 is 15.9 Å². The van der Waals surface area contributed by atoms with Gasteiger partial charge in [-0.05, 0) is 38.1 Å². The monoisotopic (exact) mass is 348 g/mol. The van der Waals surface area contributed by atoms with Crippen molar-refractivity contribution in [2.24, 2.45) is 0 Å². The SMILES string of the molecule is CC1(C)CN(Cc2cnn(-c3ccc(Br)cc3)c2)CCN1. The lowest BCUT2D eigenvalue weighted by molar-refractivity contribution is 0.148. The lowest BCUT2D eigenvalue weighted by Crippen LogP contribution is -2.56. The molecule has 1 aliphatic rings. The topological polar surface area (TPSA) is 33.1 Å². The lowest BCUT2D eigenvalue weighted by atomic mass is 10.0. The lowest BCUT2D eigenvalue weighted by Gasteiger charge is -2.38. The van der Waals surface area contributed by atoms with Crippen molar-refractivity contribution in [1.29, 1.82) is 0 Å². The first-order valence-electron chi connectivity index (χ1n) is 7.29. The summed E-state index contributed by atoms with van der Waals surface area (Å²) in [5.74, 6) is 0. The normalized spacial score (nSPS) is 18.8. The van der Waals surface area contributed by atoms with E-state index < -0.39 is 0 Å². The third kappa shape index (κ3) is 3.73. The van der Waals surface area contributed by atoms with Gasteiger partial charge in [0.2, 0.25) is 0 Å². The Morgan fingerprint density at radius 3 is 2.76 bits per heavy atom. The summed E-state index contributed by atoms with van der Waals surface area (Å²) >= 11 is 3.46. The van der Waals surface area contributed by atoms with Gasteiger partial charge in [-0.25, -0.2) is 4.68 Å². The fourth-order valence-corrected chi connectivity index (χ4v) is 3.08. The van der Waals surface area contributed by atoms with Gasteiger partial charge in [0.15, 0.2) is 0 Å². The Bertz CT molecular complexity index is 603. The van der Waals surface area contributed by atoms with Crippen molar-refractivity contribution in [1.82, 2.24) is 20.0 Å². The molecule has 21 heavy (non-hydrogen) atoms. The maximum Gasteiger partial charge on any atom is 0.0646 e. The van der Waals surface area contributed by atoms with Gasteiger partial charge in [-0.3, -0.25) is 4.90 Å². The van der Waals surface area contributed by atoms with Crippen LogP contribution in [0.1, 0.15) is 19.4 Å². The zero-order valence-corrected chi connectivity index (χ0v) is 14.1. The zero-order chi connectivity index (χ0) is 14.9. The van der Waals surface area contributed by atoms with Crippen molar-refractivity contribution >= 4 is 15.9 Å². The Morgan fingerprint density at radius 1 is 1.29 bits per heavy atom. The van der Waals surface area contributed by atoms with E-state index in [0.717, 1.165) is 36.3 Å². The van der Waals surface area contributed by atoms with E-state index in [2.05, 4.69) is 63.4 Å². The van der Waals surface area contributed by atoms with Gasteiger partial charge in [-0.1, -0.05) is 15.9 Å². The molecule has 0 amide bonds. The zero-order valence-electron chi connectivity index (χ0n) is 12.5. The fraction of sp³-hybridized carbons (Fsp3) is 0.438. The smallest absolute Gasteiger partial charge is 0.0646 e. The Morgan fingerprint density at radius 2 is 2.05 bits per heavy atom. The average molecular weight is 349 g/mol. The highest BCUT2D eigenvalue weighted by molar-refractivity contribution is 9.10. The highest BCUT2D eigenvalue weighted by atomic mass is 79.9. The summed E-state index contributed by atoms with van der Waals surface area (Å²) < 4.78 is 3.02. The minimum atomic E-state index is 0.194. The van der Waals surface area contributed by atoms with E-state index in [0.29, 0.717) is 0 Å². The van der Waals surface area contributed by atoms with Crippen molar-refractivity contribution in [2.45, 2.75) is 25.9 Å². The van der Waals surface area contributed by atoms with E-state index in [-0.39, 0.29) is 5.54 Å². The quantitative estimate of drug-likeness (QED) is 0.925. The Hall–Kier alpha value is -1.17. The highest BCUT2D eigenvalue weighted by Gasteiger charge is 2.25. The summed E-state index contributed by atoms with van der Waals surface area (Å²) in [5.41, 5.74) is 2.54. The maximum atomic E-state index is 4.48. The molecule has 0 bridgehead atoms. The molecule has 112 valence electrons. The van der Waals surface area contributed by atoms with Gasteiger partial charge in [-0.15, -0.1) is 0 Å². The summed E-state index contributed by atoms with van der Waals surface area (Å²) in [5, 5.41) is 8.02. The number of nitrogens with zero attached hydrogens (tertiary/aromatic N) is 3. The second kappa shape index (κ2) is 5.91. The molecule has 0 radical (unpaired) electrons. The summed E-state index contributed by atoms with van der Waals surface area (Å²) in [6, 6.07) is 8.20. The van der Waals surface area contributed by atoms with Crippen LogP contribution in [0, 0.1) is 0 Å². The van der Waals surface area contributed by atoms with Crippen LogP contribution in [-0.4, -0.2) is 39.9 Å². The minimum Gasteiger partial charge on any atom is -0.309 e. The largest absolute Gasteiger partial charge is 0.309 e. The predicted octanol–water partition coefficient (Wildman–Crippen LogP) is 2.82. The Balaban J connectivity index is 1.69. The molecular formula is C16H21BrN4. The molecule has 1 aromatic heterocycles. The van der Waals surface area contributed by atoms with Crippen LogP contribution in [0.25, 0.3) is 5.69 Å². The van der Waals surface area contributed by atoms with Crippen LogP contribution in [0.3, 0.4) is 0 Å². The number of aromatic nitrogens is 2. The second-order valence-corrected chi connectivity index (χ2v) is 7.21. The molecule has 0 saturated carbocycles. The summed E-state index contributed by atoms with van der Waals surface area (Å²) in [7, 11) is 0. The standard InChI is InChI=1S/C16H21BrN4/c1-16(2)12-20(8-7-18-16)10-13-9-19-21(11-13)15-5-3-14(17)4-6-15/h3-6,9,11,18H,7-8,10,12H2,1-2H3. The van der Waals surface area contributed by atoms with Crippen molar-refractivity contribution in [3.63, 3.8) is 0 Å². The third-order valence-corrected chi connectivity index (χ3v) is 4.31. The molecule has 0 aliphatic carbocycles. The van der Waals surface area contributed by atoms with Crippen LogP contribution < -0.4 is 5.32 Å². The van der Waals surface area contributed by atoms with Crippen LogP contribution in [-0.2, 0) is 6.54 Å². The molecule has 3 rings (SSSR count). The molecule has 0 atom stereocenters. The first-order valence-corrected chi connectivity index (χ1v) is 8.08. The number of benzene rings is 1. The molecule has 2 aromatic rings. The van der Waals surface area contributed by atoms with Crippen molar-refractivity contribution in [2.75, 3.05) is 19.6 Å². The Labute approximate surface area is 134 Å². The van der Waals surface area contributed by atoms with E-state index in [1.165, 1.54) is 5.56 Å². The highest BCUT2D eigenvalue weighted by Crippen LogP contribution is 2.16. The van der Waals surface area contributed by atoms with Gasteiger partial charge in [0.05, 0.1) is 11.9 Å². The maximum absolute atomic E-state index is 4.48. The van der Waals surface area contributed by atoms with Gasteiger partial charge >= 0.3 is 0 Å². The van der Waals surface area contributed by atoms with E-state index in [1.807, 2.05) is 23.0 Å². The number of halogens is 1. The van der Waals surface area contributed by atoms with E-state index in [1.54, 1.807) is 0 Å². The van der Waals surface area contributed by atoms with Gasteiger partial charge in [-0.2, -0.15) is 5.10 Å². The van der Waals surface area contributed by atoms with Gasteiger partial charge in [0, 0.05) is 48.0 Å². The molecule has 1 fully saturated rings. The molecule has 0 unspecified atom stereocenters. The van der Waals surface area contributed by atoms with Crippen molar-refractivity contribution < 1.29 is 0 Å². The Kier molecular flexibility index (Phi) is 4.15. The number of nitrogens with one attached hydrogen (secondary N) is 1. The minimum absolute atomic E-state index is 0.194. The molecule has 5 heteroatoms. The molecule has 2 heterocycles. The van der Waals surface area contributed by atoms with E-state index in [4.69, 9.17) is 0 Å². The molecule has 1 aromatic carbocycles. The van der Waals surface area contributed by atoms with Crippen molar-refractivity contribution in [3.05, 3.63) is 46.7 Å².